The summed E-state index contributed by atoms with van der Waals surface area (Å²) in [6, 6.07) is 0. The van der Waals surface area contributed by atoms with Crippen LogP contribution in [0.5, 0.6) is 0 Å². The van der Waals surface area contributed by atoms with E-state index in [0.717, 1.165) is 12.3 Å². The van der Waals surface area contributed by atoms with E-state index in [0.29, 0.717) is 17.1 Å². The van der Waals surface area contributed by atoms with E-state index in [4.69, 9.17) is 0 Å². The van der Waals surface area contributed by atoms with Crippen molar-refractivity contribution in [3.8, 4) is 0 Å². The topological polar surface area (TPSA) is 20.3 Å². The molecule has 0 fully saturated rings. The van der Waals surface area contributed by atoms with Gasteiger partial charge in [0.15, 0.2) is 0 Å². The van der Waals surface area contributed by atoms with Crippen molar-refractivity contribution in [1.29, 1.82) is 0 Å². The number of carbonyl (C=O) groups excluding carboxylic acids is 1. The van der Waals surface area contributed by atoms with Crippen molar-refractivity contribution >= 4 is 5.78 Å². The fourth-order valence-electron chi connectivity index (χ4n) is 2.63. The highest BCUT2D eigenvalue weighted by Crippen LogP contribution is 2.29. The summed E-state index contributed by atoms with van der Waals surface area (Å²) >= 11 is 0. The molecule has 0 N–H and O–H groups in total. The number of hydrogen-bond acceptors (Lipinski definition) is 2. The zero-order valence-electron chi connectivity index (χ0n) is 19.6. The third-order valence-corrected chi connectivity index (χ3v) is 4.49. The summed E-state index contributed by atoms with van der Waals surface area (Å²) in [5, 5.41) is 0. The fourth-order valence-corrected chi connectivity index (χ4v) is 2.63. The molecule has 1 unspecified atom stereocenters. The maximum Gasteiger partial charge on any atom is 0.133 e. The van der Waals surface area contributed by atoms with E-state index in [1.165, 1.54) is 25.9 Å². The van der Waals surface area contributed by atoms with Crippen molar-refractivity contribution in [2.24, 2.45) is 28.6 Å². The summed E-state index contributed by atoms with van der Waals surface area (Å²) in [7, 11) is 2.23. The molecule has 0 aliphatic carbocycles. The van der Waals surface area contributed by atoms with Crippen molar-refractivity contribution in [3.63, 3.8) is 0 Å². The van der Waals surface area contributed by atoms with Gasteiger partial charge in [-0.25, -0.2) is 0 Å². The van der Waals surface area contributed by atoms with E-state index < -0.39 is 0 Å². The maximum atomic E-state index is 11.3. The first kappa shape index (κ1) is 26.9. The number of hydrogen-bond donors (Lipinski definition) is 0. The molecule has 2 nitrogen and oxygen atoms in total. The van der Waals surface area contributed by atoms with Crippen molar-refractivity contribution in [1.82, 2.24) is 4.90 Å². The molecule has 0 aromatic rings. The molecule has 0 radical (unpaired) electrons. The summed E-state index contributed by atoms with van der Waals surface area (Å²) in [6.07, 6.45) is 3.61. The maximum absolute atomic E-state index is 11.3. The SMILES string of the molecule is CC(=O)C(CC(C)(C)C)C(C)C.CC(C)CCN(C)CCC(C)(C)C. The lowest BCUT2D eigenvalue weighted by Gasteiger charge is -2.26. The number of ketones is 1. The molecule has 0 aromatic carbocycles. The predicted molar refractivity (Wildman–Crippen MR) is 114 cm³/mol. The van der Waals surface area contributed by atoms with E-state index in [1.54, 1.807) is 6.92 Å². The van der Waals surface area contributed by atoms with Crippen LogP contribution in [0.15, 0.2) is 0 Å². The molecule has 25 heavy (non-hydrogen) atoms. The van der Waals surface area contributed by atoms with Crippen LogP contribution in [0.1, 0.15) is 95.4 Å². The summed E-state index contributed by atoms with van der Waals surface area (Å²) in [5.41, 5.74) is 0.743. The quantitative estimate of drug-likeness (QED) is 0.483. The second-order valence-electron chi connectivity index (χ2n) is 11.0. The van der Waals surface area contributed by atoms with Gasteiger partial charge in [-0.1, -0.05) is 69.2 Å². The van der Waals surface area contributed by atoms with Gasteiger partial charge in [-0.3, -0.25) is 4.79 Å². The minimum absolute atomic E-state index is 0.241. The van der Waals surface area contributed by atoms with Gasteiger partial charge in [-0.2, -0.15) is 0 Å². The average Bonchev–Trinajstić information content (AvgIpc) is 2.38. The first-order chi connectivity index (χ1) is 11.0. The lowest BCUT2D eigenvalue weighted by atomic mass is 9.78. The molecule has 0 aliphatic rings. The van der Waals surface area contributed by atoms with Crippen LogP contribution in [0.2, 0.25) is 0 Å². The minimum atomic E-state index is 0.241. The average molecular weight is 356 g/mol. The highest BCUT2D eigenvalue weighted by molar-refractivity contribution is 5.78. The van der Waals surface area contributed by atoms with Crippen LogP contribution >= 0.6 is 0 Å². The Bertz CT molecular complexity index is 344. The van der Waals surface area contributed by atoms with Gasteiger partial charge in [-0.05, 0) is 69.0 Å². The Hall–Kier alpha value is -0.370. The van der Waals surface area contributed by atoms with E-state index >= 15 is 0 Å². The second kappa shape index (κ2) is 12.1. The normalized spacial score (nSPS) is 13.9. The lowest BCUT2D eigenvalue weighted by Crippen LogP contribution is -2.25. The molecule has 0 amide bonds. The smallest absolute Gasteiger partial charge is 0.133 e. The van der Waals surface area contributed by atoms with Crippen molar-refractivity contribution in [2.75, 3.05) is 20.1 Å². The number of Topliss-reactive ketones (excluding diaryl/α,β-unsaturated/α-hetero) is 1. The molecule has 0 spiro atoms. The number of carbonyl (C=O) groups is 1. The third kappa shape index (κ3) is 19.8. The van der Waals surface area contributed by atoms with E-state index in [1.807, 2.05) is 0 Å². The zero-order valence-corrected chi connectivity index (χ0v) is 19.6. The molecule has 0 aromatic heterocycles. The van der Waals surface area contributed by atoms with Gasteiger partial charge in [0, 0.05) is 5.92 Å². The molecule has 2 heteroatoms. The molecule has 1 atom stereocenters. The van der Waals surface area contributed by atoms with E-state index in [-0.39, 0.29) is 11.3 Å². The molecule has 152 valence electrons. The summed E-state index contributed by atoms with van der Waals surface area (Å²) < 4.78 is 0. The Morgan fingerprint density at radius 3 is 1.60 bits per heavy atom. The molecular weight excluding hydrogens is 306 g/mol. The Balaban J connectivity index is 0. The summed E-state index contributed by atoms with van der Waals surface area (Å²) in [5.74, 6) is 1.88. The summed E-state index contributed by atoms with van der Waals surface area (Å²) in [4.78, 5) is 13.7. The Labute approximate surface area is 160 Å². The van der Waals surface area contributed by atoms with E-state index in [2.05, 4.69) is 81.2 Å². The van der Waals surface area contributed by atoms with Crippen molar-refractivity contribution < 1.29 is 4.79 Å². The molecule has 0 saturated heterocycles. The van der Waals surface area contributed by atoms with Gasteiger partial charge in [-0.15, -0.1) is 0 Å². The van der Waals surface area contributed by atoms with Crippen molar-refractivity contribution in [3.05, 3.63) is 0 Å². The lowest BCUT2D eigenvalue weighted by molar-refractivity contribution is -0.123. The first-order valence-electron chi connectivity index (χ1n) is 10.2. The van der Waals surface area contributed by atoms with Crippen LogP contribution in [0.4, 0.5) is 0 Å². The third-order valence-electron chi connectivity index (χ3n) is 4.49. The zero-order chi connectivity index (χ0) is 20.4. The van der Waals surface area contributed by atoms with Crippen molar-refractivity contribution in [2.45, 2.75) is 95.4 Å². The standard InChI is InChI=1S/C12H27N.C11H22O/c1-11(2)7-9-13(6)10-8-12(3,4)5;1-8(2)10(9(3)12)7-11(4,5)6/h11H,7-10H2,1-6H3;8,10H,7H2,1-6H3. The largest absolute Gasteiger partial charge is 0.306 e. The van der Waals surface area contributed by atoms with Crippen LogP contribution in [-0.4, -0.2) is 30.8 Å². The molecule has 0 heterocycles. The predicted octanol–water partition coefficient (Wildman–Crippen LogP) is 6.68. The molecule has 0 saturated carbocycles. The summed E-state index contributed by atoms with van der Waals surface area (Å²) in [6.45, 7) is 26.5. The van der Waals surface area contributed by atoms with Gasteiger partial charge in [0.05, 0.1) is 0 Å². The highest BCUT2D eigenvalue weighted by Gasteiger charge is 2.24. The van der Waals surface area contributed by atoms with Crippen LogP contribution in [0.3, 0.4) is 0 Å². The fraction of sp³-hybridized carbons (Fsp3) is 0.957. The molecule has 0 bridgehead atoms. The van der Waals surface area contributed by atoms with Gasteiger partial charge in [0.1, 0.15) is 5.78 Å². The van der Waals surface area contributed by atoms with Gasteiger partial charge < -0.3 is 4.90 Å². The first-order valence-corrected chi connectivity index (χ1v) is 10.2. The van der Waals surface area contributed by atoms with Crippen LogP contribution in [-0.2, 0) is 4.79 Å². The minimum Gasteiger partial charge on any atom is -0.306 e. The van der Waals surface area contributed by atoms with Crippen LogP contribution < -0.4 is 0 Å². The number of rotatable bonds is 8. The molecular formula is C23H49NO. The Morgan fingerprint density at radius 1 is 0.880 bits per heavy atom. The van der Waals surface area contributed by atoms with Crippen LogP contribution in [0.25, 0.3) is 0 Å². The highest BCUT2D eigenvalue weighted by atomic mass is 16.1. The second-order valence-corrected chi connectivity index (χ2v) is 11.0. The number of nitrogens with zero attached hydrogens (tertiary/aromatic N) is 1. The monoisotopic (exact) mass is 355 g/mol. The Kier molecular flexibility index (Phi) is 13.0. The van der Waals surface area contributed by atoms with Gasteiger partial charge in [0.25, 0.3) is 0 Å². The van der Waals surface area contributed by atoms with Gasteiger partial charge in [0.2, 0.25) is 0 Å². The van der Waals surface area contributed by atoms with Gasteiger partial charge >= 0.3 is 0 Å². The molecule has 0 aliphatic heterocycles. The van der Waals surface area contributed by atoms with E-state index in [9.17, 15) is 4.79 Å². The Morgan fingerprint density at radius 2 is 1.36 bits per heavy atom. The molecule has 0 rings (SSSR count). The van der Waals surface area contributed by atoms with Crippen LogP contribution in [0, 0.1) is 28.6 Å².